The third kappa shape index (κ3) is 11.2. The summed E-state index contributed by atoms with van der Waals surface area (Å²) in [6, 6.07) is 5.45. The first-order valence-electron chi connectivity index (χ1n) is 15.1. The zero-order valence-corrected chi connectivity index (χ0v) is 24.8. The molecule has 3 atom stereocenters. The highest BCUT2D eigenvalue weighted by molar-refractivity contribution is 6.03. The lowest BCUT2D eigenvalue weighted by Crippen LogP contribution is -2.43. The van der Waals surface area contributed by atoms with E-state index in [1.807, 2.05) is 20.8 Å². The maximum atomic E-state index is 13.4. The fourth-order valence-corrected chi connectivity index (χ4v) is 4.98. The van der Waals surface area contributed by atoms with Gasteiger partial charge in [0.1, 0.15) is 6.61 Å². The summed E-state index contributed by atoms with van der Waals surface area (Å²) in [5.41, 5.74) is 6.29. The number of hydrogen-bond acceptors (Lipinski definition) is 8. The Hall–Kier alpha value is -3.80. The number of rotatable bonds is 19. The van der Waals surface area contributed by atoms with E-state index in [1.165, 1.54) is 4.90 Å². The molecule has 1 heterocycles. The average Bonchev–Trinajstić information content (AvgIpc) is 3.23. The molecule has 1 fully saturated rings. The summed E-state index contributed by atoms with van der Waals surface area (Å²) < 4.78 is 11.5. The maximum absolute atomic E-state index is 13.4. The van der Waals surface area contributed by atoms with Gasteiger partial charge >= 0.3 is 6.03 Å². The normalized spacial score (nSPS) is 16.6. The summed E-state index contributed by atoms with van der Waals surface area (Å²) >= 11 is 0. The molecule has 1 aliphatic heterocycles. The number of nitrogens with one attached hydrogen (secondary N) is 3. The minimum Gasteiger partial charge on any atom is -0.463 e. The van der Waals surface area contributed by atoms with E-state index in [-0.39, 0.29) is 61.3 Å². The molecule has 1 unspecified atom stereocenters. The third-order valence-electron chi connectivity index (χ3n) is 7.38. The predicted octanol–water partition coefficient (Wildman–Crippen LogP) is 2.50. The Morgan fingerprint density at radius 1 is 1.14 bits per heavy atom. The number of Topliss-reactive ketones (excluding diaryl/α,β-unsaturated/α-hetero) is 1. The number of nitrogens with zero attached hydrogens (tertiary/aromatic N) is 1. The maximum Gasteiger partial charge on any atom is 0.312 e. The van der Waals surface area contributed by atoms with Crippen LogP contribution in [0.3, 0.4) is 0 Å². The quantitative estimate of drug-likeness (QED) is 0.108. The number of carbonyl (C=O) groups excluding carboxylic acids is 6. The highest BCUT2D eigenvalue weighted by Crippen LogP contribution is 2.23. The zero-order chi connectivity index (χ0) is 31.9. The zero-order valence-electron chi connectivity index (χ0n) is 25.8. The van der Waals surface area contributed by atoms with Gasteiger partial charge in [-0.3, -0.25) is 28.9 Å². The molecular formula is C30H45N5O7. The van der Waals surface area contributed by atoms with Crippen molar-refractivity contribution in [2.75, 3.05) is 25.0 Å². The number of carbonyl (C=O) groups is 6. The fraction of sp³-hybridized carbons (Fsp3) is 0.600. The predicted molar refractivity (Wildman–Crippen MR) is 157 cm³/mol. The Bertz CT molecular complexity index is 1130. The molecule has 1 aliphatic rings. The number of anilines is 1. The Labute approximate surface area is 248 Å². The van der Waals surface area contributed by atoms with Crippen molar-refractivity contribution in [2.24, 2.45) is 23.5 Å². The van der Waals surface area contributed by atoms with Crippen molar-refractivity contribution < 1.29 is 34.9 Å². The molecule has 0 saturated carbocycles. The van der Waals surface area contributed by atoms with Gasteiger partial charge < -0.3 is 26.4 Å². The van der Waals surface area contributed by atoms with Crippen molar-refractivity contribution in [2.45, 2.75) is 78.4 Å². The summed E-state index contributed by atoms with van der Waals surface area (Å²) in [4.78, 5) is 74.2. The number of urea groups is 1. The van der Waals surface area contributed by atoms with Crippen LogP contribution in [-0.4, -0.2) is 66.6 Å². The molecule has 12 nitrogen and oxygen atoms in total. The monoisotopic (exact) mass is 588 g/mol. The molecule has 5 N–H and O–H groups in total. The summed E-state index contributed by atoms with van der Waals surface area (Å²) in [6.45, 7) is 6.85. The second kappa shape index (κ2) is 17.9. The molecule has 42 heavy (non-hydrogen) atoms. The molecular weight excluding hydrogens is 542 g/mol. The molecule has 1 saturated heterocycles. The lowest BCUT2D eigenvalue weighted by Gasteiger charge is -2.24. The molecule has 0 bridgehead atoms. The molecule has 12 heteroatoms. The average molecular weight is 589 g/mol. The van der Waals surface area contributed by atoms with E-state index in [9.17, 15) is 28.8 Å². The Morgan fingerprint density at radius 2 is 1.86 bits per heavy atom. The lowest BCUT2D eigenvalue weighted by molar-refractivity contribution is -0.139. The molecule has 5 amide bonds. The highest BCUT2D eigenvalue weighted by Gasteiger charge is 2.36. The number of ketones is 1. The van der Waals surface area contributed by atoms with Crippen molar-refractivity contribution in [1.29, 1.82) is 0 Å². The van der Waals surface area contributed by atoms with Gasteiger partial charge in [0.2, 0.25) is 17.7 Å². The molecule has 0 aromatic heterocycles. The van der Waals surface area contributed by atoms with Crippen molar-refractivity contribution >= 4 is 41.7 Å². The van der Waals surface area contributed by atoms with Crippen LogP contribution in [0.15, 0.2) is 24.3 Å². The first-order valence-corrected chi connectivity index (χ1v) is 14.6. The summed E-state index contributed by atoms with van der Waals surface area (Å²) in [5, 5.41) is 8.62. The highest BCUT2D eigenvalue weighted by atomic mass is 16.5. The third-order valence-corrected chi connectivity index (χ3v) is 7.38. The van der Waals surface area contributed by atoms with Gasteiger partial charge in [-0.1, -0.05) is 32.9 Å². The fourth-order valence-electron chi connectivity index (χ4n) is 4.98. The van der Waals surface area contributed by atoms with Gasteiger partial charge in [-0.2, -0.15) is 0 Å². The number of likely N-dealkylation sites (tertiary alicyclic amines) is 1. The van der Waals surface area contributed by atoms with Crippen LogP contribution in [0.4, 0.5) is 10.5 Å². The van der Waals surface area contributed by atoms with Crippen LogP contribution in [0, 0.1) is 17.8 Å². The van der Waals surface area contributed by atoms with Crippen molar-refractivity contribution in [3.05, 3.63) is 29.8 Å². The van der Waals surface area contributed by atoms with E-state index < -0.39 is 24.4 Å². The second-order valence-corrected chi connectivity index (χ2v) is 10.9. The van der Waals surface area contributed by atoms with Gasteiger partial charge in [0.05, 0.1) is 6.04 Å². The van der Waals surface area contributed by atoms with Gasteiger partial charge in [-0.05, 0) is 62.3 Å². The number of ether oxygens (including phenoxy) is 1. The lowest BCUT2D eigenvalue weighted by atomic mass is 9.89. The van der Waals surface area contributed by atoms with E-state index in [4.69, 9.17) is 7.10 Å². The number of imide groups is 1. The number of primary amides is 1. The summed E-state index contributed by atoms with van der Waals surface area (Å²) in [7, 11) is 0. The van der Waals surface area contributed by atoms with Gasteiger partial charge in [-0.25, -0.2) is 4.79 Å². The number of unbranched alkanes of at least 4 members (excludes halogenated alkanes) is 1. The topological polar surface area (TPSA) is 177 Å². The van der Waals surface area contributed by atoms with Crippen LogP contribution < -0.4 is 21.7 Å². The van der Waals surface area contributed by atoms with E-state index in [0.29, 0.717) is 56.4 Å². The number of amides is 5. The van der Waals surface area contributed by atoms with E-state index >= 15 is 0 Å². The molecule has 232 valence electrons. The molecule has 2 rings (SSSR count). The van der Waals surface area contributed by atoms with Gasteiger partial charge in [0.25, 0.3) is 6.45 Å². The first-order chi connectivity index (χ1) is 20.4. The Morgan fingerprint density at radius 3 is 2.45 bits per heavy atom. The van der Waals surface area contributed by atoms with Crippen molar-refractivity contribution in [1.82, 2.24) is 15.5 Å². The van der Waals surface area contributed by atoms with Crippen molar-refractivity contribution in [3.8, 4) is 0 Å². The van der Waals surface area contributed by atoms with Crippen LogP contribution >= 0.6 is 0 Å². The smallest absolute Gasteiger partial charge is 0.312 e. The molecule has 0 radical (unpaired) electrons. The SMILES string of the molecule is [2H]C(=O)OCc1ccc(NC(=O)[C@H](CCCNC(N)=O)CC(=O)[C@@H](NCCCCN2C(=O)CC(CC)C2=O)C(C)C)cc1. The standard InChI is InChI=1S/C30H45N5O7/c1-4-22-17-26(38)35(29(22)40)15-6-5-13-32-27(20(2)3)25(37)16-23(8-7-14-33-30(31)41)28(39)34-24-11-9-21(10-12-24)18-42-19-36/h9-12,19-20,22-23,27,32H,4-8,13-18H2,1-3H3,(H,34,39)(H3,31,33,41)/t22?,23-,27+/m1/s1/i19D. The van der Waals surface area contributed by atoms with Gasteiger partial charge in [0.15, 0.2) is 7.15 Å². The second-order valence-electron chi connectivity index (χ2n) is 10.9. The molecule has 0 aliphatic carbocycles. The molecule has 1 aromatic rings. The van der Waals surface area contributed by atoms with Gasteiger partial charge in [-0.15, -0.1) is 0 Å². The van der Waals surface area contributed by atoms with E-state index in [2.05, 4.69) is 20.7 Å². The largest absolute Gasteiger partial charge is 0.463 e. The summed E-state index contributed by atoms with van der Waals surface area (Å²) in [6.07, 6.45) is 1.87. The first kappa shape index (κ1) is 32.7. The summed E-state index contributed by atoms with van der Waals surface area (Å²) in [5.74, 6) is -1.59. The van der Waals surface area contributed by atoms with Crippen molar-refractivity contribution in [3.63, 3.8) is 0 Å². The van der Waals surface area contributed by atoms with Crippen LogP contribution in [0.5, 0.6) is 0 Å². The Kier molecular flexibility index (Phi) is 13.9. The minimum atomic E-state index is -1.13. The minimum absolute atomic E-state index is 0.00895. The number of benzene rings is 1. The van der Waals surface area contributed by atoms with Crippen LogP contribution in [0.2, 0.25) is 0 Å². The van der Waals surface area contributed by atoms with Gasteiger partial charge in [0, 0.05) is 43.5 Å². The van der Waals surface area contributed by atoms with Crippen LogP contribution in [-0.2, 0) is 35.3 Å². The number of nitrogens with two attached hydrogens (primary N) is 1. The van der Waals surface area contributed by atoms with Crippen LogP contribution in [0.25, 0.3) is 0 Å². The van der Waals surface area contributed by atoms with E-state index in [0.717, 1.165) is 0 Å². The van der Waals surface area contributed by atoms with E-state index in [1.54, 1.807) is 24.3 Å². The number of hydrogen-bond donors (Lipinski definition) is 4. The van der Waals surface area contributed by atoms with Crippen LogP contribution in [0.1, 0.15) is 72.7 Å². The Balaban J connectivity index is 1.95. The molecule has 1 aromatic carbocycles. The molecule has 0 spiro atoms.